The first kappa shape index (κ1) is 21.7. The third-order valence-electron chi connectivity index (χ3n) is 5.28. The summed E-state index contributed by atoms with van der Waals surface area (Å²) < 4.78 is 10.5. The summed E-state index contributed by atoms with van der Waals surface area (Å²) in [7, 11) is 0. The van der Waals surface area contributed by atoms with Crippen molar-refractivity contribution in [1.82, 2.24) is 4.90 Å². The van der Waals surface area contributed by atoms with Crippen molar-refractivity contribution in [3.05, 3.63) is 65.7 Å². The van der Waals surface area contributed by atoms with Crippen LogP contribution < -0.4 is 4.74 Å². The molecule has 29 heavy (non-hydrogen) atoms. The number of benzene rings is 2. The summed E-state index contributed by atoms with van der Waals surface area (Å²) in [6.45, 7) is 4.09. The molecule has 0 aromatic heterocycles. The molecule has 1 saturated heterocycles. The van der Waals surface area contributed by atoms with Crippen molar-refractivity contribution in [2.45, 2.75) is 49.8 Å². The van der Waals surface area contributed by atoms with Crippen molar-refractivity contribution < 1.29 is 19.4 Å². The number of aliphatic hydroxyl groups is 1. The minimum Gasteiger partial charge on any atom is -0.467 e. The van der Waals surface area contributed by atoms with E-state index in [0.29, 0.717) is 6.42 Å². The number of carbonyl (C=O) groups excluding carboxylic acids is 1. The van der Waals surface area contributed by atoms with Gasteiger partial charge in [-0.15, -0.1) is 0 Å². The third kappa shape index (κ3) is 5.11. The van der Waals surface area contributed by atoms with Gasteiger partial charge < -0.3 is 14.6 Å². The SMILES string of the molecule is CCOC(=O)N1CC(O)(Br)CC1(CC)Oc1ccccc1CCc1ccccc1. The zero-order valence-corrected chi connectivity index (χ0v) is 18.5. The molecule has 0 saturated carbocycles. The van der Waals surface area contributed by atoms with Crippen LogP contribution in [-0.4, -0.2) is 39.5 Å². The predicted octanol–water partition coefficient (Wildman–Crippen LogP) is 4.90. The highest BCUT2D eigenvalue weighted by molar-refractivity contribution is 9.10. The molecular formula is C23H28BrNO4. The van der Waals surface area contributed by atoms with Gasteiger partial charge in [0.15, 0.2) is 5.72 Å². The van der Waals surface area contributed by atoms with Crippen LogP contribution in [0.3, 0.4) is 0 Å². The average molecular weight is 462 g/mol. The highest BCUT2D eigenvalue weighted by atomic mass is 79.9. The Kier molecular flexibility index (Phi) is 6.85. The highest BCUT2D eigenvalue weighted by Crippen LogP contribution is 2.43. The van der Waals surface area contributed by atoms with Crippen LogP contribution in [-0.2, 0) is 17.6 Å². The molecule has 2 aromatic carbocycles. The predicted molar refractivity (Wildman–Crippen MR) is 116 cm³/mol. The number of para-hydroxylation sites is 1. The number of alkyl halides is 1. The molecule has 0 bridgehead atoms. The second-order valence-electron chi connectivity index (χ2n) is 7.37. The normalized spacial score (nSPS) is 23.8. The van der Waals surface area contributed by atoms with E-state index in [-0.39, 0.29) is 19.6 Å². The summed E-state index contributed by atoms with van der Waals surface area (Å²) in [4.78, 5) is 14.1. The Hall–Kier alpha value is -2.05. The summed E-state index contributed by atoms with van der Waals surface area (Å²) in [5.74, 6) is 0.727. The van der Waals surface area contributed by atoms with Gasteiger partial charge in [-0.05, 0) is 37.0 Å². The zero-order valence-electron chi connectivity index (χ0n) is 16.9. The number of carbonyl (C=O) groups is 1. The summed E-state index contributed by atoms with van der Waals surface area (Å²) >= 11 is 3.34. The first-order valence-electron chi connectivity index (χ1n) is 10.1. The second-order valence-corrected chi connectivity index (χ2v) is 8.85. The standard InChI is InChI=1S/C23H28BrNO4/c1-3-23(16-22(24,27)17-25(23)21(26)28-4-2)29-20-13-9-8-12-19(20)15-14-18-10-6-5-7-11-18/h5-13,27H,3-4,14-17H2,1-2H3. The lowest BCUT2D eigenvalue weighted by Crippen LogP contribution is -2.51. The summed E-state index contributed by atoms with van der Waals surface area (Å²) in [6, 6.07) is 18.2. The molecule has 3 rings (SSSR count). The lowest BCUT2D eigenvalue weighted by atomic mass is 10.0. The Bertz CT molecular complexity index is 827. The topological polar surface area (TPSA) is 59.0 Å². The smallest absolute Gasteiger partial charge is 0.413 e. The van der Waals surface area contributed by atoms with Gasteiger partial charge in [0, 0.05) is 12.8 Å². The number of β-amino-alcohol motifs (C(OH)–C–C–N with tert-alkyl or cyclic N) is 1. The van der Waals surface area contributed by atoms with Crippen LogP contribution in [0.1, 0.15) is 37.8 Å². The van der Waals surface area contributed by atoms with Crippen LogP contribution in [0.25, 0.3) is 0 Å². The maximum absolute atomic E-state index is 12.6. The van der Waals surface area contributed by atoms with E-state index < -0.39 is 16.3 Å². The number of likely N-dealkylation sites (tertiary alicyclic amines) is 1. The summed E-state index contributed by atoms with van der Waals surface area (Å²) in [5.41, 5.74) is 1.35. The largest absolute Gasteiger partial charge is 0.467 e. The Morgan fingerprint density at radius 3 is 2.48 bits per heavy atom. The molecule has 2 aromatic rings. The zero-order chi connectivity index (χ0) is 20.9. The molecule has 1 heterocycles. The minimum atomic E-state index is -1.21. The summed E-state index contributed by atoms with van der Waals surface area (Å²) in [5, 5.41) is 10.6. The van der Waals surface area contributed by atoms with Crippen LogP contribution in [0.4, 0.5) is 4.79 Å². The highest BCUT2D eigenvalue weighted by Gasteiger charge is 2.55. The molecule has 0 spiro atoms. The Morgan fingerprint density at radius 1 is 1.10 bits per heavy atom. The number of nitrogens with zero attached hydrogens (tertiary/aromatic N) is 1. The van der Waals surface area contributed by atoms with Crippen molar-refractivity contribution in [2.24, 2.45) is 0 Å². The molecule has 1 fully saturated rings. The number of hydrogen-bond donors (Lipinski definition) is 1. The molecule has 1 amide bonds. The Morgan fingerprint density at radius 2 is 1.79 bits per heavy atom. The lowest BCUT2D eigenvalue weighted by molar-refractivity contribution is -0.0537. The van der Waals surface area contributed by atoms with Gasteiger partial charge in [0.1, 0.15) is 10.3 Å². The number of aryl methyl sites for hydroxylation is 2. The molecule has 156 valence electrons. The van der Waals surface area contributed by atoms with Crippen molar-refractivity contribution >= 4 is 22.0 Å². The second kappa shape index (κ2) is 9.18. The Balaban J connectivity index is 1.85. The maximum atomic E-state index is 12.6. The molecule has 1 N–H and O–H groups in total. The molecule has 5 nitrogen and oxygen atoms in total. The van der Waals surface area contributed by atoms with E-state index in [1.165, 1.54) is 10.5 Å². The van der Waals surface area contributed by atoms with E-state index in [0.717, 1.165) is 24.2 Å². The van der Waals surface area contributed by atoms with Crippen molar-refractivity contribution in [2.75, 3.05) is 13.2 Å². The van der Waals surface area contributed by atoms with Gasteiger partial charge in [-0.1, -0.05) is 71.4 Å². The van der Waals surface area contributed by atoms with Gasteiger partial charge in [0.2, 0.25) is 0 Å². The van der Waals surface area contributed by atoms with Crippen molar-refractivity contribution in [1.29, 1.82) is 0 Å². The number of amides is 1. The van der Waals surface area contributed by atoms with Crippen LogP contribution in [0, 0.1) is 0 Å². The third-order valence-corrected chi connectivity index (χ3v) is 5.81. The molecule has 2 unspecified atom stereocenters. The van der Waals surface area contributed by atoms with Gasteiger partial charge in [-0.2, -0.15) is 0 Å². The van der Waals surface area contributed by atoms with Crippen LogP contribution in [0.5, 0.6) is 5.75 Å². The van der Waals surface area contributed by atoms with Gasteiger partial charge in [0.05, 0.1) is 13.2 Å². The Labute approximate surface area is 180 Å². The fraction of sp³-hybridized carbons (Fsp3) is 0.435. The van der Waals surface area contributed by atoms with E-state index in [1.54, 1.807) is 6.92 Å². The van der Waals surface area contributed by atoms with Gasteiger partial charge >= 0.3 is 6.09 Å². The van der Waals surface area contributed by atoms with E-state index in [1.807, 2.05) is 49.4 Å². The van der Waals surface area contributed by atoms with Gasteiger partial charge in [-0.25, -0.2) is 4.79 Å². The lowest BCUT2D eigenvalue weighted by Gasteiger charge is -2.37. The molecule has 0 radical (unpaired) electrons. The summed E-state index contributed by atoms with van der Waals surface area (Å²) in [6.07, 6.45) is 2.00. The maximum Gasteiger partial charge on any atom is 0.413 e. The molecule has 0 aliphatic carbocycles. The molecule has 1 aliphatic heterocycles. The molecule has 2 atom stereocenters. The molecular weight excluding hydrogens is 434 g/mol. The fourth-order valence-corrected chi connectivity index (χ4v) is 4.50. The first-order valence-corrected chi connectivity index (χ1v) is 10.8. The quantitative estimate of drug-likeness (QED) is 0.595. The van der Waals surface area contributed by atoms with E-state index in [2.05, 4.69) is 28.1 Å². The number of hydrogen-bond acceptors (Lipinski definition) is 4. The minimum absolute atomic E-state index is 0.103. The average Bonchev–Trinajstić information content (AvgIpc) is 2.99. The van der Waals surface area contributed by atoms with Crippen LogP contribution in [0.15, 0.2) is 54.6 Å². The number of ether oxygens (including phenoxy) is 2. The number of halogens is 1. The first-order chi connectivity index (χ1) is 13.9. The molecule has 6 heteroatoms. The van der Waals surface area contributed by atoms with Crippen molar-refractivity contribution in [3.63, 3.8) is 0 Å². The van der Waals surface area contributed by atoms with Gasteiger partial charge in [-0.3, -0.25) is 4.90 Å². The van der Waals surface area contributed by atoms with Crippen LogP contribution >= 0.6 is 15.9 Å². The van der Waals surface area contributed by atoms with E-state index >= 15 is 0 Å². The van der Waals surface area contributed by atoms with E-state index in [4.69, 9.17) is 9.47 Å². The van der Waals surface area contributed by atoms with Crippen molar-refractivity contribution in [3.8, 4) is 5.75 Å². The fourth-order valence-electron chi connectivity index (χ4n) is 3.81. The molecule has 1 aliphatic rings. The van der Waals surface area contributed by atoms with Gasteiger partial charge in [0.25, 0.3) is 0 Å². The van der Waals surface area contributed by atoms with E-state index in [9.17, 15) is 9.90 Å². The number of rotatable bonds is 7. The monoisotopic (exact) mass is 461 g/mol. The van der Waals surface area contributed by atoms with Crippen LogP contribution in [0.2, 0.25) is 0 Å².